The van der Waals surface area contributed by atoms with Crippen LogP contribution in [0.4, 0.5) is 11.6 Å². The van der Waals surface area contributed by atoms with Gasteiger partial charge in [-0.05, 0) is 30.7 Å². The van der Waals surface area contributed by atoms with Gasteiger partial charge in [0.25, 0.3) is 11.9 Å². The summed E-state index contributed by atoms with van der Waals surface area (Å²) < 4.78 is 9.54. The molecule has 13 nitrogen and oxygen atoms in total. The molecule has 178 valence electrons. The maximum atomic E-state index is 12.6. The van der Waals surface area contributed by atoms with Gasteiger partial charge in [-0.25, -0.2) is 9.97 Å². The molecule has 0 aliphatic carbocycles. The van der Waals surface area contributed by atoms with Gasteiger partial charge in [0.1, 0.15) is 6.04 Å². The Labute approximate surface area is 199 Å². The predicted octanol–water partition coefficient (Wildman–Crippen LogP) is -2.57. The molecule has 2 aromatic heterocycles. The minimum absolute atomic E-state index is 0.000933. The first-order valence-electron chi connectivity index (χ1n) is 10.1. The first-order chi connectivity index (χ1) is 16.3. The third-order valence-corrected chi connectivity index (χ3v) is 5.63. The zero-order chi connectivity index (χ0) is 24.7. The van der Waals surface area contributed by atoms with Crippen molar-refractivity contribution in [3.05, 3.63) is 52.1 Å². The van der Waals surface area contributed by atoms with Gasteiger partial charge in [0, 0.05) is 17.7 Å². The molecule has 0 saturated heterocycles. The zero-order valence-corrected chi connectivity index (χ0v) is 22.5. The van der Waals surface area contributed by atoms with E-state index in [9.17, 15) is 19.2 Å². The molecule has 1 amide bonds. The number of H-pyrrole nitrogens is 1. The fraction of sp³-hybridized carbons (Fsp3) is 0.211. The number of benzene rings is 1. The molecule has 0 aliphatic heterocycles. The zero-order valence-electron chi connectivity index (χ0n) is 18.5. The Kier molecular flexibility index (Phi) is 8.04. The highest BCUT2D eigenvalue weighted by atomic mass is 28.2. The maximum absolute atomic E-state index is 12.6. The smallest absolute Gasteiger partial charge is 0.314 e. The lowest BCUT2D eigenvalue weighted by Crippen LogP contribution is -2.42. The first-order valence-corrected chi connectivity index (χ1v) is 11.7. The minimum Gasteiger partial charge on any atom is -0.529 e. The molecular weight excluding hydrogens is 478 g/mol. The van der Waals surface area contributed by atoms with E-state index in [2.05, 4.69) is 30.6 Å². The summed E-state index contributed by atoms with van der Waals surface area (Å²) in [6.07, 6.45) is 1.59. The van der Waals surface area contributed by atoms with E-state index in [-0.39, 0.29) is 57.5 Å². The monoisotopic (exact) mass is 501 g/mol. The summed E-state index contributed by atoms with van der Waals surface area (Å²) in [6.45, 7) is 0.267. The predicted molar refractivity (Wildman–Crippen MR) is 129 cm³/mol. The number of nitrogens with one attached hydrogen (secondary N) is 3. The van der Waals surface area contributed by atoms with Crippen molar-refractivity contribution in [3.63, 3.8) is 0 Å². The van der Waals surface area contributed by atoms with Crippen molar-refractivity contribution in [1.82, 2.24) is 25.3 Å². The fourth-order valence-electron chi connectivity index (χ4n) is 2.99. The molecule has 1 atom stereocenters. The van der Waals surface area contributed by atoms with Crippen LogP contribution in [0.5, 0.6) is 0 Å². The number of hydrogen-bond donors (Lipinski definition) is 4. The number of carbonyl (C=O) groups excluding carboxylic acids is 3. The van der Waals surface area contributed by atoms with E-state index in [1.807, 2.05) is 0 Å². The van der Waals surface area contributed by atoms with Crippen molar-refractivity contribution < 1.29 is 23.2 Å². The van der Waals surface area contributed by atoms with Gasteiger partial charge in [-0.2, -0.15) is 4.98 Å². The SMILES string of the molecule is Nc1nc(=O)c2nc(CNc3ccc(C(=O)N[C@@H](CCC(=O)O[SiH3])C(=O)O[SiH3])cc3)cnc2[nH]1. The van der Waals surface area contributed by atoms with Crippen LogP contribution in [0.1, 0.15) is 28.9 Å². The Morgan fingerprint density at radius 1 is 1.12 bits per heavy atom. The molecule has 5 N–H and O–H groups in total. The number of nitrogen functional groups attached to an aromatic ring is 1. The lowest BCUT2D eigenvalue weighted by atomic mass is 10.1. The highest BCUT2D eigenvalue weighted by Crippen LogP contribution is 2.12. The van der Waals surface area contributed by atoms with Crippen LogP contribution < -0.4 is 21.9 Å². The fourth-order valence-corrected chi connectivity index (χ4v) is 3.48. The average Bonchev–Trinajstić information content (AvgIpc) is 2.84. The van der Waals surface area contributed by atoms with Crippen LogP contribution in [-0.4, -0.2) is 64.8 Å². The topological polar surface area (TPSA) is 191 Å². The highest BCUT2D eigenvalue weighted by Gasteiger charge is 2.22. The quantitative estimate of drug-likeness (QED) is 0.225. The Hall–Kier alpha value is -4.12. The number of aromatic nitrogens is 4. The molecule has 0 spiro atoms. The molecule has 0 radical (unpaired) electrons. The molecule has 15 heteroatoms. The summed E-state index contributed by atoms with van der Waals surface area (Å²) in [7, 11) is 0.434. The minimum atomic E-state index is -0.942. The Morgan fingerprint density at radius 2 is 1.85 bits per heavy atom. The van der Waals surface area contributed by atoms with Crippen LogP contribution in [0.3, 0.4) is 0 Å². The second-order valence-corrected chi connectivity index (χ2v) is 7.90. The molecule has 0 unspecified atom stereocenters. The van der Waals surface area contributed by atoms with E-state index in [1.165, 1.54) is 6.20 Å². The van der Waals surface area contributed by atoms with Gasteiger partial charge in [-0.15, -0.1) is 0 Å². The highest BCUT2D eigenvalue weighted by molar-refractivity contribution is 6.07. The maximum Gasteiger partial charge on any atom is 0.314 e. The number of fused-ring (bicyclic) bond motifs is 1. The van der Waals surface area contributed by atoms with Crippen LogP contribution in [0, 0.1) is 0 Å². The van der Waals surface area contributed by atoms with Crippen LogP contribution in [0.2, 0.25) is 0 Å². The summed E-state index contributed by atoms with van der Waals surface area (Å²) in [5.41, 5.74) is 6.77. The van der Waals surface area contributed by atoms with Crippen LogP contribution >= 0.6 is 0 Å². The number of anilines is 2. The van der Waals surface area contributed by atoms with Gasteiger partial charge < -0.3 is 30.2 Å². The Morgan fingerprint density at radius 3 is 2.53 bits per heavy atom. The van der Waals surface area contributed by atoms with Crippen molar-refractivity contribution in [2.75, 3.05) is 11.1 Å². The molecule has 1 aromatic carbocycles. The van der Waals surface area contributed by atoms with Crippen molar-refractivity contribution in [2.45, 2.75) is 25.4 Å². The van der Waals surface area contributed by atoms with E-state index in [4.69, 9.17) is 14.6 Å². The second-order valence-electron chi connectivity index (χ2n) is 7.08. The number of rotatable bonds is 9. The molecule has 0 bridgehead atoms. The van der Waals surface area contributed by atoms with Crippen LogP contribution in [0.25, 0.3) is 11.2 Å². The number of nitrogens with two attached hydrogens (primary N) is 1. The van der Waals surface area contributed by atoms with E-state index in [0.717, 1.165) is 0 Å². The number of hydrogen-bond acceptors (Lipinski definition) is 11. The van der Waals surface area contributed by atoms with Gasteiger partial charge in [-0.1, -0.05) is 0 Å². The van der Waals surface area contributed by atoms with Crippen molar-refractivity contribution in [2.24, 2.45) is 0 Å². The van der Waals surface area contributed by atoms with Crippen LogP contribution in [-0.2, 0) is 25.0 Å². The van der Waals surface area contributed by atoms with Gasteiger partial charge in [0.15, 0.2) is 11.2 Å². The number of carbonyl (C=O) groups is 3. The lowest BCUT2D eigenvalue weighted by Gasteiger charge is -2.16. The molecule has 0 saturated carbocycles. The summed E-state index contributed by atoms with van der Waals surface area (Å²) in [6, 6.07) is 5.57. The number of aromatic amines is 1. The average molecular weight is 502 g/mol. The van der Waals surface area contributed by atoms with Crippen molar-refractivity contribution in [3.8, 4) is 0 Å². The van der Waals surface area contributed by atoms with Gasteiger partial charge >= 0.3 is 11.5 Å². The second kappa shape index (κ2) is 11.1. The molecule has 0 aliphatic rings. The summed E-state index contributed by atoms with van der Waals surface area (Å²) in [5.74, 6) is -1.53. The Bertz CT molecular complexity index is 1270. The molecule has 34 heavy (non-hydrogen) atoms. The normalized spacial score (nSPS) is 11.6. The van der Waals surface area contributed by atoms with E-state index in [1.54, 1.807) is 24.3 Å². The summed E-state index contributed by atoms with van der Waals surface area (Å²) in [4.78, 5) is 62.5. The van der Waals surface area contributed by atoms with Crippen molar-refractivity contribution in [1.29, 1.82) is 0 Å². The first kappa shape index (κ1) is 24.5. The van der Waals surface area contributed by atoms with Gasteiger partial charge in [0.2, 0.25) is 26.9 Å². The summed E-state index contributed by atoms with van der Waals surface area (Å²) in [5, 5.41) is 5.71. The van der Waals surface area contributed by atoms with Gasteiger partial charge in [0.05, 0.1) is 18.4 Å². The van der Waals surface area contributed by atoms with E-state index < -0.39 is 29.4 Å². The van der Waals surface area contributed by atoms with E-state index in [0.29, 0.717) is 16.9 Å². The molecule has 2 heterocycles. The third kappa shape index (κ3) is 6.23. The number of nitrogens with zero attached hydrogens (tertiary/aromatic N) is 3. The standard InChI is InChI=1S/C19H23N7O6Si2/c20-19-25-15-14(17(29)26-19)23-11(8-22-15)7-21-10-3-1-9(2-4-10)16(28)24-12(18(30)32-34)5-6-13(27)31-33/h1-4,8,12,21H,5-7H2,33-34H3,(H,24,28)(H3,20,22,25,26,29)/t12-/m0/s1. The molecule has 3 rings (SSSR count). The molecule has 0 fully saturated rings. The molecule has 3 aromatic rings. The largest absolute Gasteiger partial charge is 0.529 e. The van der Waals surface area contributed by atoms with Crippen molar-refractivity contribution >= 4 is 61.6 Å². The molecular formula is C19H23N7O6Si2. The lowest BCUT2D eigenvalue weighted by molar-refractivity contribution is -0.137. The Balaban J connectivity index is 1.62. The van der Waals surface area contributed by atoms with Crippen LogP contribution in [0.15, 0.2) is 35.3 Å². The van der Waals surface area contributed by atoms with Gasteiger partial charge in [-0.3, -0.25) is 19.2 Å². The number of amides is 1. The summed E-state index contributed by atoms with van der Waals surface area (Å²) >= 11 is 0. The third-order valence-electron chi connectivity index (χ3n) is 4.77. The van der Waals surface area contributed by atoms with E-state index >= 15 is 0 Å².